The summed E-state index contributed by atoms with van der Waals surface area (Å²) in [5.41, 5.74) is 0.506. The van der Waals surface area contributed by atoms with Crippen molar-refractivity contribution in [3.8, 4) is 0 Å². The lowest BCUT2D eigenvalue weighted by Gasteiger charge is -2.70. The monoisotopic (exact) mass is 704 g/mol. The first-order valence-electron chi connectivity index (χ1n) is 19.3. The van der Waals surface area contributed by atoms with Crippen LogP contribution < -0.4 is 0 Å². The number of hydrogen-bond donors (Lipinski definition) is 0. The Hall–Kier alpha value is -3.16. The van der Waals surface area contributed by atoms with E-state index in [2.05, 4.69) is 48.5 Å². The van der Waals surface area contributed by atoms with Gasteiger partial charge < -0.3 is 18.9 Å². The van der Waals surface area contributed by atoms with Gasteiger partial charge in [-0.3, -0.25) is 14.4 Å². The quantitative estimate of drug-likeness (QED) is 0.157. The van der Waals surface area contributed by atoms with Crippen molar-refractivity contribution in [1.29, 1.82) is 0 Å². The van der Waals surface area contributed by atoms with E-state index in [0.717, 1.165) is 50.5 Å². The molecule has 0 heterocycles. The standard InChI is InChI=1S/C43H60O8/c1-27(2)51-37(47)50-26-49-35(45)29-15-17-41(7)33(38(29,3)4)16-18-43(9)34(41)32(44)23-30-31-24-40(6,20-19-39(31,5)21-22-42(30,43)8)36(46)48-25-28-13-11-10-12-14-28/h10-14,23,27,29,31,33-34H,15-22,24-26H2,1-9H3/t29-,31?,33+,34-,39-,40+,41+,42-,43-/m1/s1. The van der Waals surface area contributed by atoms with Gasteiger partial charge in [-0.2, -0.15) is 0 Å². The first-order chi connectivity index (χ1) is 23.8. The Morgan fingerprint density at radius 1 is 0.824 bits per heavy atom. The molecule has 0 radical (unpaired) electrons. The summed E-state index contributed by atoms with van der Waals surface area (Å²) in [6, 6.07) is 9.84. The van der Waals surface area contributed by atoms with Gasteiger partial charge in [-0.1, -0.05) is 77.4 Å². The predicted octanol–water partition coefficient (Wildman–Crippen LogP) is 9.39. The van der Waals surface area contributed by atoms with Crippen LogP contribution in [0.5, 0.6) is 0 Å². The van der Waals surface area contributed by atoms with E-state index >= 15 is 0 Å². The Kier molecular flexibility index (Phi) is 9.62. The van der Waals surface area contributed by atoms with Gasteiger partial charge in [0.2, 0.25) is 6.79 Å². The third-order valence-electron chi connectivity index (χ3n) is 15.3. The van der Waals surface area contributed by atoms with Crippen molar-refractivity contribution < 1.29 is 38.1 Å². The van der Waals surface area contributed by atoms with Crippen molar-refractivity contribution in [3.63, 3.8) is 0 Å². The molecule has 0 saturated heterocycles. The Balaban J connectivity index is 1.23. The fraction of sp³-hybridized carbons (Fsp3) is 0.721. The highest BCUT2D eigenvalue weighted by molar-refractivity contribution is 5.96. The Bertz CT molecular complexity index is 1580. The fourth-order valence-electron chi connectivity index (χ4n) is 12.2. The predicted molar refractivity (Wildman–Crippen MR) is 193 cm³/mol. The van der Waals surface area contributed by atoms with E-state index in [-0.39, 0.29) is 75.8 Å². The van der Waals surface area contributed by atoms with Crippen LogP contribution in [0, 0.1) is 56.2 Å². The molecule has 8 heteroatoms. The molecular formula is C43H60O8. The average molecular weight is 705 g/mol. The van der Waals surface area contributed by atoms with Crippen molar-refractivity contribution in [2.75, 3.05) is 6.79 Å². The van der Waals surface area contributed by atoms with E-state index in [0.29, 0.717) is 12.8 Å². The fourth-order valence-corrected chi connectivity index (χ4v) is 12.2. The summed E-state index contributed by atoms with van der Waals surface area (Å²) < 4.78 is 21.4. The van der Waals surface area contributed by atoms with Gasteiger partial charge in [-0.25, -0.2) is 4.79 Å². The van der Waals surface area contributed by atoms with Crippen LogP contribution in [0.4, 0.5) is 4.79 Å². The summed E-state index contributed by atoms with van der Waals surface area (Å²) in [7, 11) is 0. The first kappa shape index (κ1) is 37.6. The molecule has 4 saturated carbocycles. The maximum atomic E-state index is 14.8. The summed E-state index contributed by atoms with van der Waals surface area (Å²) >= 11 is 0. The molecule has 5 aliphatic rings. The molecule has 0 spiro atoms. The Morgan fingerprint density at radius 2 is 1.51 bits per heavy atom. The van der Waals surface area contributed by atoms with Gasteiger partial charge in [0.1, 0.15) is 6.61 Å². The normalized spacial score (nSPS) is 39.6. The summed E-state index contributed by atoms with van der Waals surface area (Å²) in [6.07, 6.45) is 8.53. The SMILES string of the molecule is CC(C)OC(=O)OCOC(=O)[C@H]1CC[C@]2(C)[C@H]3C(=O)C=C4C5C[C@@](C)(C(=O)OCc6ccccc6)CC[C@]5(C)CC[C@@]4(C)[C@]3(C)CC[C@H]2C1(C)C. The van der Waals surface area contributed by atoms with Gasteiger partial charge in [0.05, 0.1) is 17.4 Å². The van der Waals surface area contributed by atoms with Crippen molar-refractivity contribution in [2.24, 2.45) is 56.2 Å². The minimum Gasteiger partial charge on any atom is -0.460 e. The molecule has 8 nitrogen and oxygen atoms in total. The highest BCUT2D eigenvalue weighted by Gasteiger charge is 2.70. The molecule has 0 aliphatic heterocycles. The summed E-state index contributed by atoms with van der Waals surface area (Å²) in [5.74, 6) is -0.566. The largest absolute Gasteiger partial charge is 0.511 e. The molecule has 6 rings (SSSR count). The van der Waals surface area contributed by atoms with Gasteiger partial charge in [-0.15, -0.1) is 0 Å². The molecule has 4 fully saturated rings. The zero-order valence-electron chi connectivity index (χ0n) is 32.4. The second kappa shape index (κ2) is 13.1. The molecule has 9 atom stereocenters. The number of ketones is 1. The first-order valence-corrected chi connectivity index (χ1v) is 19.3. The van der Waals surface area contributed by atoms with Gasteiger partial charge in [0, 0.05) is 5.92 Å². The van der Waals surface area contributed by atoms with Gasteiger partial charge in [0.15, 0.2) is 5.78 Å². The van der Waals surface area contributed by atoms with Crippen LogP contribution in [0.2, 0.25) is 0 Å². The van der Waals surface area contributed by atoms with Crippen molar-refractivity contribution in [1.82, 2.24) is 0 Å². The zero-order chi connectivity index (χ0) is 37.2. The van der Waals surface area contributed by atoms with E-state index < -0.39 is 23.8 Å². The molecule has 0 amide bonds. The van der Waals surface area contributed by atoms with Crippen LogP contribution in [0.1, 0.15) is 126 Å². The topological polar surface area (TPSA) is 105 Å². The number of carbonyl (C=O) groups is 4. The number of carbonyl (C=O) groups excluding carboxylic acids is 4. The van der Waals surface area contributed by atoms with Crippen LogP contribution >= 0.6 is 0 Å². The van der Waals surface area contributed by atoms with Crippen molar-refractivity contribution in [3.05, 3.63) is 47.5 Å². The number of benzene rings is 1. The number of ether oxygens (including phenoxy) is 4. The van der Waals surface area contributed by atoms with Crippen LogP contribution in [0.3, 0.4) is 0 Å². The summed E-state index contributed by atoms with van der Waals surface area (Å²) in [5, 5.41) is 0. The van der Waals surface area contributed by atoms with Gasteiger partial charge in [0.25, 0.3) is 0 Å². The number of esters is 2. The molecule has 51 heavy (non-hydrogen) atoms. The third-order valence-corrected chi connectivity index (χ3v) is 15.3. The summed E-state index contributed by atoms with van der Waals surface area (Å²) in [6.45, 7) is 19.1. The molecule has 1 unspecified atom stereocenters. The van der Waals surface area contributed by atoms with Crippen molar-refractivity contribution >= 4 is 23.9 Å². The molecule has 0 N–H and O–H groups in total. The van der Waals surface area contributed by atoms with E-state index in [1.807, 2.05) is 36.4 Å². The molecule has 1 aromatic carbocycles. The van der Waals surface area contributed by atoms with E-state index in [4.69, 9.17) is 18.9 Å². The number of fused-ring (bicyclic) bond motifs is 7. The molecule has 0 aromatic heterocycles. The lowest BCUT2D eigenvalue weighted by molar-refractivity contribution is -0.202. The molecule has 5 aliphatic carbocycles. The second-order valence-electron chi connectivity index (χ2n) is 18.9. The van der Waals surface area contributed by atoms with Crippen molar-refractivity contribution in [2.45, 2.75) is 133 Å². The van der Waals surface area contributed by atoms with Gasteiger partial charge >= 0.3 is 18.1 Å². The molecule has 0 bridgehead atoms. The van der Waals surface area contributed by atoms with E-state index in [1.165, 1.54) is 5.57 Å². The second-order valence-corrected chi connectivity index (χ2v) is 18.9. The maximum absolute atomic E-state index is 14.8. The van der Waals surface area contributed by atoms with Crippen LogP contribution in [0.15, 0.2) is 42.0 Å². The highest BCUT2D eigenvalue weighted by atomic mass is 16.8. The Morgan fingerprint density at radius 3 is 2.20 bits per heavy atom. The lowest BCUT2D eigenvalue weighted by atomic mass is 9.33. The lowest BCUT2D eigenvalue weighted by Crippen LogP contribution is -2.66. The number of rotatable bonds is 7. The molecular weight excluding hydrogens is 644 g/mol. The third kappa shape index (κ3) is 6.14. The maximum Gasteiger partial charge on any atom is 0.511 e. The number of allylic oxidation sites excluding steroid dienone is 2. The van der Waals surface area contributed by atoms with Crippen LogP contribution in [-0.4, -0.2) is 36.8 Å². The average Bonchev–Trinajstić information content (AvgIpc) is 3.05. The zero-order valence-corrected chi connectivity index (χ0v) is 32.4. The van der Waals surface area contributed by atoms with E-state index in [9.17, 15) is 19.2 Å². The molecule has 1 aromatic rings. The number of hydrogen-bond acceptors (Lipinski definition) is 8. The highest BCUT2D eigenvalue weighted by Crippen LogP contribution is 2.75. The minimum absolute atomic E-state index is 0.0325. The summed E-state index contributed by atoms with van der Waals surface area (Å²) in [4.78, 5) is 53.9. The minimum atomic E-state index is -0.861. The smallest absolute Gasteiger partial charge is 0.460 e. The van der Waals surface area contributed by atoms with Crippen LogP contribution in [0.25, 0.3) is 0 Å². The van der Waals surface area contributed by atoms with E-state index in [1.54, 1.807) is 13.8 Å². The Labute approximate surface area is 304 Å². The molecule has 280 valence electrons. The van der Waals surface area contributed by atoms with Crippen LogP contribution in [-0.2, 0) is 39.9 Å². The van der Waals surface area contributed by atoms with Gasteiger partial charge in [-0.05, 0) is 129 Å².